The number of ketones is 1. The quantitative estimate of drug-likeness (QED) is 0.571. The van der Waals surface area contributed by atoms with Crippen LogP contribution in [0.15, 0.2) is 12.1 Å². The Kier molecular flexibility index (Phi) is 4.75. The largest absolute Gasteiger partial charge is 0.444 e. The normalized spacial score (nSPS) is 25.3. The molecule has 26 heavy (non-hydrogen) atoms. The summed E-state index contributed by atoms with van der Waals surface area (Å²) in [6.45, 7) is 5.35. The third kappa shape index (κ3) is 3.57. The third-order valence-electron chi connectivity index (χ3n) is 4.97. The highest BCUT2D eigenvalue weighted by Crippen LogP contribution is 2.41. The molecule has 2 atom stereocenters. The van der Waals surface area contributed by atoms with E-state index >= 15 is 0 Å². The number of hydrogen-bond donors (Lipinski definition) is 0. The van der Waals surface area contributed by atoms with Crippen LogP contribution in [0.3, 0.4) is 0 Å². The standard InChI is InChI=1S/C19H22F3NO3/c1-19(2,3)26-18(25)23-12-4-5-13(23)7-10(6-12)17(24)14-8-11(20)9-15(21)16(14)22/h8-10,12-13H,4-7H2,1-3H3. The second-order valence-electron chi connectivity index (χ2n) is 8.05. The maximum absolute atomic E-state index is 13.9. The first-order valence-electron chi connectivity index (χ1n) is 8.77. The number of ether oxygens (including phenoxy) is 1. The average Bonchev–Trinajstić information content (AvgIpc) is 2.79. The number of Topliss-reactive ketones (excluding diaryl/α,β-unsaturated/α-hetero) is 1. The summed E-state index contributed by atoms with van der Waals surface area (Å²) >= 11 is 0. The molecule has 4 nitrogen and oxygen atoms in total. The number of fused-ring (bicyclic) bond motifs is 2. The summed E-state index contributed by atoms with van der Waals surface area (Å²) in [6.07, 6.45) is 1.72. The molecular formula is C19H22F3NO3. The van der Waals surface area contributed by atoms with Crippen molar-refractivity contribution in [2.24, 2.45) is 5.92 Å². The van der Waals surface area contributed by atoms with Gasteiger partial charge in [-0.25, -0.2) is 18.0 Å². The van der Waals surface area contributed by atoms with Crippen molar-refractivity contribution < 1.29 is 27.5 Å². The average molecular weight is 369 g/mol. The molecule has 2 bridgehead atoms. The van der Waals surface area contributed by atoms with Gasteiger partial charge in [0.25, 0.3) is 0 Å². The molecule has 2 saturated heterocycles. The molecule has 1 aromatic rings. The number of carbonyl (C=O) groups is 2. The molecule has 2 heterocycles. The predicted octanol–water partition coefficient (Wildman–Crippen LogP) is 4.46. The molecule has 0 aromatic heterocycles. The lowest BCUT2D eigenvalue weighted by Crippen LogP contribution is -2.49. The van der Waals surface area contributed by atoms with E-state index < -0.39 is 46.4 Å². The highest BCUT2D eigenvalue weighted by molar-refractivity contribution is 5.98. The topological polar surface area (TPSA) is 46.6 Å². The van der Waals surface area contributed by atoms with Crippen LogP contribution in [0.2, 0.25) is 0 Å². The van der Waals surface area contributed by atoms with Gasteiger partial charge in [0, 0.05) is 24.1 Å². The third-order valence-corrected chi connectivity index (χ3v) is 4.97. The number of benzene rings is 1. The molecule has 0 radical (unpaired) electrons. The first-order valence-corrected chi connectivity index (χ1v) is 8.77. The lowest BCUT2D eigenvalue weighted by molar-refractivity contribution is 0.00250. The van der Waals surface area contributed by atoms with Crippen LogP contribution >= 0.6 is 0 Å². The van der Waals surface area contributed by atoms with Crippen molar-refractivity contribution >= 4 is 11.9 Å². The fraction of sp³-hybridized carbons (Fsp3) is 0.579. The summed E-state index contributed by atoms with van der Waals surface area (Å²) < 4.78 is 46.2. The Morgan fingerprint density at radius 1 is 1.08 bits per heavy atom. The Hall–Kier alpha value is -2.05. The van der Waals surface area contributed by atoms with E-state index in [1.54, 1.807) is 25.7 Å². The van der Waals surface area contributed by atoms with Crippen molar-refractivity contribution in [3.05, 3.63) is 35.1 Å². The summed E-state index contributed by atoms with van der Waals surface area (Å²) in [5, 5.41) is 0. The van der Waals surface area contributed by atoms with Crippen molar-refractivity contribution in [1.82, 2.24) is 4.90 Å². The predicted molar refractivity (Wildman–Crippen MR) is 88.3 cm³/mol. The Bertz CT molecular complexity index is 730. The Morgan fingerprint density at radius 2 is 1.65 bits per heavy atom. The monoisotopic (exact) mass is 369 g/mol. The first kappa shape index (κ1) is 18.7. The Balaban J connectivity index is 1.77. The number of halogens is 3. The van der Waals surface area contributed by atoms with Gasteiger partial charge in [-0.2, -0.15) is 0 Å². The molecular weight excluding hydrogens is 347 g/mol. The molecule has 2 aliphatic heterocycles. The molecule has 0 aliphatic carbocycles. The van der Waals surface area contributed by atoms with Gasteiger partial charge >= 0.3 is 6.09 Å². The van der Waals surface area contributed by atoms with E-state index in [9.17, 15) is 22.8 Å². The zero-order valence-corrected chi connectivity index (χ0v) is 15.0. The zero-order valence-electron chi connectivity index (χ0n) is 15.0. The number of rotatable bonds is 2. The van der Waals surface area contributed by atoms with E-state index in [4.69, 9.17) is 4.74 Å². The van der Waals surface area contributed by atoms with Gasteiger partial charge in [-0.15, -0.1) is 0 Å². The number of piperidine rings is 1. The van der Waals surface area contributed by atoms with Gasteiger partial charge in [-0.1, -0.05) is 0 Å². The van der Waals surface area contributed by atoms with Crippen molar-refractivity contribution in [1.29, 1.82) is 0 Å². The van der Waals surface area contributed by atoms with Crippen LogP contribution in [0.1, 0.15) is 56.8 Å². The molecule has 3 rings (SSSR count). The first-order chi connectivity index (χ1) is 12.1. The number of nitrogens with zero attached hydrogens (tertiary/aromatic N) is 1. The van der Waals surface area contributed by atoms with Crippen molar-refractivity contribution in [2.75, 3.05) is 0 Å². The Labute approximate surface area is 150 Å². The van der Waals surface area contributed by atoms with Crippen LogP contribution in [0.4, 0.5) is 18.0 Å². The number of hydrogen-bond acceptors (Lipinski definition) is 3. The van der Waals surface area contributed by atoms with Crippen molar-refractivity contribution in [3.63, 3.8) is 0 Å². The van der Waals surface area contributed by atoms with E-state index in [2.05, 4.69) is 0 Å². The number of amides is 1. The minimum absolute atomic E-state index is 0.181. The molecule has 142 valence electrons. The summed E-state index contributed by atoms with van der Waals surface area (Å²) in [7, 11) is 0. The van der Waals surface area contributed by atoms with Gasteiger partial charge in [-0.3, -0.25) is 4.79 Å². The minimum atomic E-state index is -1.37. The van der Waals surface area contributed by atoms with E-state index in [0.717, 1.165) is 18.9 Å². The van der Waals surface area contributed by atoms with Gasteiger partial charge in [-0.05, 0) is 52.5 Å². The Morgan fingerprint density at radius 3 is 2.19 bits per heavy atom. The smallest absolute Gasteiger partial charge is 0.410 e. The van der Waals surface area contributed by atoms with Gasteiger partial charge in [0.15, 0.2) is 17.4 Å². The van der Waals surface area contributed by atoms with E-state index in [0.29, 0.717) is 18.9 Å². The van der Waals surface area contributed by atoms with Crippen molar-refractivity contribution in [3.8, 4) is 0 Å². The molecule has 2 unspecified atom stereocenters. The van der Waals surface area contributed by atoms with Crippen LogP contribution in [-0.2, 0) is 4.74 Å². The highest BCUT2D eigenvalue weighted by atomic mass is 19.2. The molecule has 0 spiro atoms. The fourth-order valence-corrected chi connectivity index (χ4v) is 3.96. The van der Waals surface area contributed by atoms with Gasteiger partial charge < -0.3 is 9.64 Å². The zero-order chi connectivity index (χ0) is 19.2. The molecule has 2 fully saturated rings. The fourth-order valence-electron chi connectivity index (χ4n) is 3.96. The maximum atomic E-state index is 13.9. The second kappa shape index (κ2) is 6.59. The van der Waals surface area contributed by atoms with Crippen molar-refractivity contribution in [2.45, 2.75) is 64.1 Å². The summed E-state index contributed by atoms with van der Waals surface area (Å²) in [6, 6.07) is 0.794. The molecule has 7 heteroatoms. The lowest BCUT2D eigenvalue weighted by Gasteiger charge is -2.39. The van der Waals surface area contributed by atoms with Crippen LogP contribution in [-0.4, -0.2) is 34.5 Å². The van der Waals surface area contributed by atoms with E-state index in [1.807, 2.05) is 0 Å². The SMILES string of the molecule is CC(C)(C)OC(=O)N1C2CCC1CC(C(=O)c1cc(F)cc(F)c1F)C2. The van der Waals surface area contributed by atoms with Crippen LogP contribution in [0.25, 0.3) is 0 Å². The number of carbonyl (C=O) groups excluding carboxylic acids is 2. The van der Waals surface area contributed by atoms with E-state index in [1.165, 1.54) is 0 Å². The van der Waals surface area contributed by atoms with Gasteiger partial charge in [0.05, 0.1) is 5.56 Å². The molecule has 1 aromatic carbocycles. The van der Waals surface area contributed by atoms with Crippen LogP contribution < -0.4 is 0 Å². The molecule has 0 saturated carbocycles. The minimum Gasteiger partial charge on any atom is -0.444 e. The second-order valence-corrected chi connectivity index (χ2v) is 8.05. The molecule has 0 N–H and O–H groups in total. The highest BCUT2D eigenvalue weighted by Gasteiger charge is 2.46. The molecule has 2 aliphatic rings. The summed E-state index contributed by atoms with van der Waals surface area (Å²) in [4.78, 5) is 26.7. The van der Waals surface area contributed by atoms with E-state index in [-0.39, 0.29) is 12.1 Å². The lowest BCUT2D eigenvalue weighted by atomic mass is 9.84. The van der Waals surface area contributed by atoms with Gasteiger partial charge in [0.1, 0.15) is 11.4 Å². The molecule has 1 amide bonds. The maximum Gasteiger partial charge on any atom is 0.410 e. The van der Waals surface area contributed by atoms with Crippen LogP contribution in [0, 0.1) is 23.4 Å². The summed E-state index contributed by atoms with van der Waals surface area (Å²) in [5.74, 6) is -4.86. The van der Waals surface area contributed by atoms with Gasteiger partial charge in [0.2, 0.25) is 0 Å². The summed E-state index contributed by atoms with van der Waals surface area (Å²) in [5.41, 5.74) is -1.18. The van der Waals surface area contributed by atoms with Crippen LogP contribution in [0.5, 0.6) is 0 Å².